The fourth-order valence-electron chi connectivity index (χ4n) is 3.47. The van der Waals surface area contributed by atoms with Crippen LogP contribution < -0.4 is 4.90 Å². The first-order valence-corrected chi connectivity index (χ1v) is 8.96. The van der Waals surface area contributed by atoms with E-state index in [1.807, 2.05) is 68.9 Å². The van der Waals surface area contributed by atoms with Crippen LogP contribution in [0.5, 0.6) is 5.75 Å². The van der Waals surface area contributed by atoms with Gasteiger partial charge < -0.3 is 14.8 Å². The molecule has 27 heavy (non-hydrogen) atoms. The molecule has 0 aliphatic heterocycles. The lowest BCUT2D eigenvalue weighted by molar-refractivity contribution is 0.406. The molecular weight excluding hydrogens is 336 g/mol. The summed E-state index contributed by atoms with van der Waals surface area (Å²) in [6, 6.07) is 11.7. The lowest BCUT2D eigenvalue weighted by Crippen LogP contribution is -2.20. The highest BCUT2D eigenvalue weighted by Crippen LogP contribution is 2.36. The Labute approximate surface area is 160 Å². The highest BCUT2D eigenvalue weighted by atomic mass is 16.3. The van der Waals surface area contributed by atoms with Crippen LogP contribution in [-0.4, -0.2) is 14.8 Å². The molecule has 0 spiro atoms. The van der Waals surface area contributed by atoms with Crippen LogP contribution in [0.1, 0.15) is 36.5 Å². The quantitative estimate of drug-likeness (QED) is 0.562. The Bertz CT molecular complexity index is 1040. The Kier molecular flexibility index (Phi) is 4.75. The molecule has 0 aliphatic carbocycles. The molecule has 2 N–H and O–H groups in total. The van der Waals surface area contributed by atoms with Crippen LogP contribution in [-0.2, 0) is 7.05 Å². The zero-order chi connectivity index (χ0) is 19.9. The molecule has 3 rings (SSSR count). The summed E-state index contributed by atoms with van der Waals surface area (Å²) in [7, 11) is 2.00. The second-order valence-corrected chi connectivity index (χ2v) is 7.25. The molecular formula is C23H26N2O2. The van der Waals surface area contributed by atoms with Gasteiger partial charge in [0.15, 0.2) is 5.88 Å². The summed E-state index contributed by atoms with van der Waals surface area (Å²) in [4.78, 5) is 1.63. The number of phenols is 1. The molecule has 1 heterocycles. The topological polar surface area (TPSA) is 48.6 Å². The molecule has 0 bridgehead atoms. The van der Waals surface area contributed by atoms with Crippen molar-refractivity contribution in [3.05, 3.63) is 78.3 Å². The average Bonchev–Trinajstić information content (AvgIpc) is 2.95. The number of aromatic nitrogens is 1. The van der Waals surface area contributed by atoms with Crippen molar-refractivity contribution in [2.45, 2.75) is 26.7 Å². The van der Waals surface area contributed by atoms with Gasteiger partial charge in [0.1, 0.15) is 5.75 Å². The summed E-state index contributed by atoms with van der Waals surface area (Å²) in [6.45, 7) is 13.9. The van der Waals surface area contributed by atoms with Crippen molar-refractivity contribution >= 4 is 22.3 Å². The van der Waals surface area contributed by atoms with Gasteiger partial charge in [-0.05, 0) is 66.9 Å². The fraction of sp³-hybridized carbons (Fsp3) is 0.217. The Balaban J connectivity index is 2.10. The van der Waals surface area contributed by atoms with E-state index in [1.54, 1.807) is 11.0 Å². The van der Waals surface area contributed by atoms with E-state index >= 15 is 0 Å². The van der Waals surface area contributed by atoms with Gasteiger partial charge in [0.25, 0.3) is 0 Å². The molecule has 0 atom stereocenters. The standard InChI is InChI=1S/C23H26N2O2/c1-14(2)20-13-21(15(3)11-23(20)27)16(4)25(17(5)26)19-7-8-22-18(12-19)9-10-24(22)6/h7-14,26-27H,4-5H2,1-3,6H3. The fourth-order valence-corrected chi connectivity index (χ4v) is 3.47. The summed E-state index contributed by atoms with van der Waals surface area (Å²) < 4.78 is 2.05. The van der Waals surface area contributed by atoms with Gasteiger partial charge >= 0.3 is 0 Å². The number of anilines is 1. The number of benzene rings is 2. The van der Waals surface area contributed by atoms with Crippen LogP contribution in [0.4, 0.5) is 5.69 Å². The Morgan fingerprint density at radius 3 is 2.44 bits per heavy atom. The third kappa shape index (κ3) is 3.31. The average molecular weight is 362 g/mol. The first kappa shape index (κ1) is 18.6. The molecule has 2 aromatic carbocycles. The third-order valence-corrected chi connectivity index (χ3v) is 4.96. The monoisotopic (exact) mass is 362 g/mol. The van der Waals surface area contributed by atoms with Gasteiger partial charge in [0, 0.05) is 41.1 Å². The molecule has 0 amide bonds. The summed E-state index contributed by atoms with van der Waals surface area (Å²) >= 11 is 0. The summed E-state index contributed by atoms with van der Waals surface area (Å²) in [6.07, 6.45) is 2.00. The van der Waals surface area contributed by atoms with Crippen molar-refractivity contribution in [3.8, 4) is 5.75 Å². The maximum Gasteiger partial charge on any atom is 0.188 e. The van der Waals surface area contributed by atoms with Gasteiger partial charge in [0.05, 0.1) is 0 Å². The molecule has 0 aliphatic rings. The van der Waals surface area contributed by atoms with E-state index in [9.17, 15) is 10.2 Å². The van der Waals surface area contributed by atoms with Gasteiger partial charge in [-0.25, -0.2) is 0 Å². The third-order valence-electron chi connectivity index (χ3n) is 4.96. The predicted molar refractivity (Wildman–Crippen MR) is 113 cm³/mol. The van der Waals surface area contributed by atoms with Crippen molar-refractivity contribution < 1.29 is 10.2 Å². The number of aliphatic hydroxyl groups is 1. The van der Waals surface area contributed by atoms with Crippen LogP contribution >= 0.6 is 0 Å². The van der Waals surface area contributed by atoms with Gasteiger partial charge in [-0.1, -0.05) is 20.4 Å². The van der Waals surface area contributed by atoms with Crippen molar-refractivity contribution in [2.24, 2.45) is 7.05 Å². The molecule has 0 unspecified atom stereocenters. The second-order valence-electron chi connectivity index (χ2n) is 7.25. The van der Waals surface area contributed by atoms with E-state index in [4.69, 9.17) is 0 Å². The van der Waals surface area contributed by atoms with Crippen LogP contribution in [0.2, 0.25) is 0 Å². The Hall–Kier alpha value is -3.14. The lowest BCUT2D eigenvalue weighted by Gasteiger charge is -2.27. The number of hydrogen-bond acceptors (Lipinski definition) is 3. The number of fused-ring (bicyclic) bond motifs is 1. The molecule has 0 saturated heterocycles. The normalized spacial score (nSPS) is 11.1. The number of phenolic OH excluding ortho intramolecular Hbond substituents is 1. The molecule has 1 aromatic heterocycles. The Morgan fingerprint density at radius 2 is 1.81 bits per heavy atom. The maximum atomic E-state index is 10.3. The van der Waals surface area contributed by atoms with Crippen LogP contribution in [0.3, 0.4) is 0 Å². The van der Waals surface area contributed by atoms with E-state index in [1.165, 1.54) is 0 Å². The van der Waals surface area contributed by atoms with Gasteiger partial charge in [0.2, 0.25) is 0 Å². The minimum atomic E-state index is -0.103. The van der Waals surface area contributed by atoms with Crippen molar-refractivity contribution in [3.63, 3.8) is 0 Å². The first-order chi connectivity index (χ1) is 12.7. The number of aryl methyl sites for hydroxylation is 2. The van der Waals surface area contributed by atoms with Gasteiger partial charge in [-0.15, -0.1) is 0 Å². The SMILES string of the molecule is C=C(O)N(C(=C)c1cc(C(C)C)c(O)cc1C)c1ccc2c(ccn2C)c1. The van der Waals surface area contributed by atoms with E-state index in [2.05, 4.69) is 13.2 Å². The lowest BCUT2D eigenvalue weighted by atomic mass is 9.95. The molecule has 140 valence electrons. The molecule has 0 fully saturated rings. The summed E-state index contributed by atoms with van der Waals surface area (Å²) in [5.74, 6) is 0.344. The number of aliphatic hydroxyl groups excluding tert-OH is 1. The highest BCUT2D eigenvalue weighted by Gasteiger charge is 2.19. The minimum Gasteiger partial charge on any atom is -0.508 e. The number of rotatable bonds is 5. The smallest absolute Gasteiger partial charge is 0.188 e. The van der Waals surface area contributed by atoms with Gasteiger partial charge in [-0.3, -0.25) is 4.90 Å². The predicted octanol–water partition coefficient (Wildman–Crippen LogP) is 5.82. The number of hydrogen-bond donors (Lipinski definition) is 2. The minimum absolute atomic E-state index is 0.103. The largest absolute Gasteiger partial charge is 0.508 e. The van der Waals surface area contributed by atoms with Crippen LogP contribution in [0, 0.1) is 6.92 Å². The number of nitrogens with zero attached hydrogens (tertiary/aromatic N) is 2. The van der Waals surface area contributed by atoms with Crippen LogP contribution in [0.25, 0.3) is 16.6 Å². The zero-order valence-corrected chi connectivity index (χ0v) is 16.3. The second kappa shape index (κ2) is 6.88. The molecule has 4 nitrogen and oxygen atoms in total. The molecule has 0 radical (unpaired) electrons. The molecule has 4 heteroatoms. The molecule has 3 aromatic rings. The van der Waals surface area contributed by atoms with Crippen molar-refractivity contribution in [1.82, 2.24) is 4.57 Å². The number of aromatic hydroxyl groups is 1. The highest BCUT2D eigenvalue weighted by molar-refractivity contribution is 5.89. The van der Waals surface area contributed by atoms with Crippen LogP contribution in [0.15, 0.2) is 61.6 Å². The zero-order valence-electron chi connectivity index (χ0n) is 16.3. The summed E-state index contributed by atoms with van der Waals surface area (Å²) in [5, 5.41) is 21.6. The van der Waals surface area contributed by atoms with Gasteiger partial charge in [-0.2, -0.15) is 0 Å². The van der Waals surface area contributed by atoms with E-state index in [0.29, 0.717) is 5.70 Å². The maximum absolute atomic E-state index is 10.3. The van der Waals surface area contributed by atoms with Crippen molar-refractivity contribution in [2.75, 3.05) is 4.90 Å². The van der Waals surface area contributed by atoms with Crippen molar-refractivity contribution in [1.29, 1.82) is 0 Å². The summed E-state index contributed by atoms with van der Waals surface area (Å²) in [5.41, 5.74) is 5.09. The Morgan fingerprint density at radius 1 is 1.11 bits per heavy atom. The first-order valence-electron chi connectivity index (χ1n) is 8.96. The van der Waals surface area contributed by atoms with E-state index < -0.39 is 0 Å². The molecule has 0 saturated carbocycles. The van der Waals surface area contributed by atoms with E-state index in [0.717, 1.165) is 33.3 Å². The van der Waals surface area contributed by atoms with E-state index in [-0.39, 0.29) is 17.6 Å².